The smallest absolute Gasteiger partial charge is 0.399 e. The molecule has 0 bridgehead atoms. The molecule has 0 heterocycles. The number of carbonyl (C=O) groups excluding carboxylic acids is 2. The van der Waals surface area contributed by atoms with Crippen molar-refractivity contribution in [2.45, 2.75) is 36.4 Å². The molecule has 1 unspecified atom stereocenters. The van der Waals surface area contributed by atoms with Gasteiger partial charge in [0.1, 0.15) is 28.9 Å². The average Bonchev–Trinajstić information content (AvgIpc) is 2.99. The second-order valence-electron chi connectivity index (χ2n) is 9.73. The van der Waals surface area contributed by atoms with Gasteiger partial charge in [-0.1, -0.05) is 42.5 Å². The molecule has 3 aromatic rings. The predicted molar refractivity (Wildman–Crippen MR) is 159 cm³/mol. The van der Waals surface area contributed by atoms with Gasteiger partial charge in [0.25, 0.3) is 0 Å². The van der Waals surface area contributed by atoms with Gasteiger partial charge >= 0.3 is 13.3 Å². The van der Waals surface area contributed by atoms with Crippen LogP contribution in [0.15, 0.2) is 71.6 Å². The van der Waals surface area contributed by atoms with E-state index < -0.39 is 40.8 Å². The molecule has 0 saturated heterocycles. The van der Waals surface area contributed by atoms with E-state index in [4.69, 9.17) is 24.0 Å². The number of sulfonamides is 1. The van der Waals surface area contributed by atoms with E-state index in [-0.39, 0.29) is 59.3 Å². The molecule has 1 atom stereocenters. The Morgan fingerprint density at radius 2 is 1.56 bits per heavy atom. The first-order chi connectivity index (χ1) is 21.1. The molecule has 16 heteroatoms. The summed E-state index contributed by atoms with van der Waals surface area (Å²) in [5.41, 5.74) is -4.85. The van der Waals surface area contributed by atoms with Crippen molar-refractivity contribution in [3.63, 3.8) is 0 Å². The number of ketones is 1. The monoisotopic (exact) mass is 670 g/mol. The van der Waals surface area contributed by atoms with Gasteiger partial charge in [-0.05, 0) is 37.5 Å². The first-order valence-corrected chi connectivity index (χ1v) is 16.5. The van der Waals surface area contributed by atoms with Gasteiger partial charge in [0, 0.05) is 24.2 Å². The predicted octanol–water partition coefficient (Wildman–Crippen LogP) is 3.61. The number of alkyl halides is 2. The average molecular weight is 671 g/mol. The Morgan fingerprint density at radius 3 is 2.07 bits per heavy atom. The van der Waals surface area contributed by atoms with Gasteiger partial charge in [-0.15, -0.1) is 0 Å². The van der Waals surface area contributed by atoms with Crippen LogP contribution in [-0.2, 0) is 31.5 Å². The van der Waals surface area contributed by atoms with Crippen LogP contribution in [0.3, 0.4) is 0 Å². The first kappa shape index (κ1) is 35.6. The molecule has 12 nitrogen and oxygen atoms in total. The summed E-state index contributed by atoms with van der Waals surface area (Å²) in [5.74, 6) is -0.102. The lowest BCUT2D eigenvalue weighted by Gasteiger charge is -2.20. The van der Waals surface area contributed by atoms with E-state index in [1.54, 1.807) is 6.07 Å². The highest BCUT2D eigenvalue weighted by Crippen LogP contribution is 2.59. The summed E-state index contributed by atoms with van der Waals surface area (Å²) in [4.78, 5) is 43.0. The zero-order valence-electron chi connectivity index (χ0n) is 24.5. The molecule has 0 aliphatic heterocycles. The highest BCUT2D eigenvalue weighted by atomic mass is 32.2. The highest BCUT2D eigenvalue weighted by Gasteiger charge is 2.50. The molecule has 45 heavy (non-hydrogen) atoms. The maximum absolute atomic E-state index is 14.1. The van der Waals surface area contributed by atoms with Gasteiger partial charge in [0.2, 0.25) is 15.9 Å². The zero-order chi connectivity index (χ0) is 33.4. The van der Waals surface area contributed by atoms with Crippen LogP contribution in [0.1, 0.15) is 34.8 Å². The van der Waals surface area contributed by atoms with Gasteiger partial charge in [0.15, 0.2) is 5.78 Å². The molecule has 4 N–H and O–H groups in total. The third-order valence-corrected chi connectivity index (χ3v) is 8.97. The van der Waals surface area contributed by atoms with Crippen molar-refractivity contribution in [2.75, 3.05) is 27.4 Å². The van der Waals surface area contributed by atoms with E-state index in [9.17, 15) is 31.4 Å². The largest absolute Gasteiger partial charge is 0.496 e. The quantitative estimate of drug-likeness (QED) is 0.100. The van der Waals surface area contributed by atoms with Crippen molar-refractivity contribution in [3.8, 4) is 17.2 Å². The number of benzene rings is 3. The Labute approximate surface area is 258 Å². The maximum Gasteiger partial charge on any atom is 0.399 e. The summed E-state index contributed by atoms with van der Waals surface area (Å²) >= 11 is 0. The molecule has 1 amide bonds. The molecule has 0 fully saturated rings. The number of methoxy groups -OCH3 is 2. The Hall–Kier alpha value is -3.88. The van der Waals surface area contributed by atoms with Crippen molar-refractivity contribution in [3.05, 3.63) is 83.4 Å². The Kier molecular flexibility index (Phi) is 11.8. The highest BCUT2D eigenvalue weighted by molar-refractivity contribution is 7.89. The number of Topliss-reactive ketones (excluding diaryl/α,β-unsaturated/α-hetero) is 1. The molecule has 0 spiro atoms. The molecule has 0 saturated carbocycles. The fraction of sp³-hybridized carbons (Fsp3) is 0.310. The van der Waals surface area contributed by atoms with Crippen LogP contribution in [0.4, 0.5) is 8.78 Å². The Balaban J connectivity index is 1.71. The first-order valence-electron chi connectivity index (χ1n) is 13.4. The SMILES string of the molecule is COc1cc(OCCCNC(=O)C(Cc2ccc(C(F)(F)P(=O)(O)O)cc2)NS(=O)(=O)c2ccccc2)cc(OC)c1C(C)=O. The molecular formula is C29H33F2N2O10PS. The van der Waals surface area contributed by atoms with Gasteiger partial charge < -0.3 is 29.3 Å². The van der Waals surface area contributed by atoms with E-state index in [1.165, 1.54) is 57.5 Å². The second-order valence-corrected chi connectivity index (χ2v) is 13.1. The molecule has 244 valence electrons. The fourth-order valence-electron chi connectivity index (χ4n) is 4.20. The molecule has 0 radical (unpaired) electrons. The van der Waals surface area contributed by atoms with Crippen LogP contribution in [0.2, 0.25) is 0 Å². The fourth-order valence-corrected chi connectivity index (χ4v) is 5.91. The summed E-state index contributed by atoms with van der Waals surface area (Å²) in [6, 6.07) is 12.8. The Bertz CT molecular complexity index is 1620. The molecule has 3 rings (SSSR count). The number of nitrogens with one attached hydrogen (secondary N) is 2. The standard InChI is InChI=1S/C29H33F2N2O10PS/c1-19(34)27-25(41-2)17-22(18-26(27)42-3)43-15-7-14-32-28(35)24(33-45(39,40)23-8-5-4-6-9-23)16-20-10-12-21(13-11-20)29(30,31)44(36,37)38/h4-6,8-13,17-18,24,33H,7,14-16H2,1-3H3,(H,32,35)(H2,36,37,38). The van der Waals surface area contributed by atoms with Gasteiger partial charge in [-0.3, -0.25) is 14.2 Å². The number of hydrogen-bond donors (Lipinski definition) is 4. The minimum atomic E-state index is -5.79. The summed E-state index contributed by atoms with van der Waals surface area (Å²) in [6.45, 7) is 1.55. The van der Waals surface area contributed by atoms with Gasteiger partial charge in [-0.25, -0.2) is 8.42 Å². The zero-order valence-corrected chi connectivity index (χ0v) is 26.2. The number of rotatable bonds is 16. The Morgan fingerprint density at radius 1 is 0.978 bits per heavy atom. The second kappa shape index (κ2) is 14.9. The van der Waals surface area contributed by atoms with E-state index >= 15 is 0 Å². The molecular weight excluding hydrogens is 637 g/mol. The van der Waals surface area contributed by atoms with Crippen molar-refractivity contribution >= 4 is 29.3 Å². The van der Waals surface area contributed by atoms with E-state index in [0.29, 0.717) is 5.75 Å². The summed E-state index contributed by atoms with van der Waals surface area (Å²) in [5, 5.41) is 2.63. The summed E-state index contributed by atoms with van der Waals surface area (Å²) < 4.78 is 83.9. The van der Waals surface area contributed by atoms with E-state index in [1.807, 2.05) is 0 Å². The number of halogens is 2. The van der Waals surface area contributed by atoms with Crippen LogP contribution in [-0.4, -0.2) is 63.3 Å². The van der Waals surface area contributed by atoms with E-state index in [0.717, 1.165) is 24.3 Å². The normalized spacial score (nSPS) is 12.7. The maximum atomic E-state index is 14.1. The van der Waals surface area contributed by atoms with Crippen LogP contribution in [0.5, 0.6) is 17.2 Å². The molecule has 0 aliphatic carbocycles. The third-order valence-electron chi connectivity index (χ3n) is 6.49. The molecule has 0 aromatic heterocycles. The number of carbonyl (C=O) groups is 2. The minimum absolute atomic E-state index is 0.0651. The number of amides is 1. The lowest BCUT2D eigenvalue weighted by Crippen LogP contribution is -2.48. The van der Waals surface area contributed by atoms with Crippen molar-refractivity contribution in [1.29, 1.82) is 0 Å². The van der Waals surface area contributed by atoms with Crippen LogP contribution < -0.4 is 24.2 Å². The summed E-state index contributed by atoms with van der Waals surface area (Å²) in [6.07, 6.45) is 0.0212. The summed E-state index contributed by atoms with van der Waals surface area (Å²) in [7, 11) is -7.17. The lowest BCUT2D eigenvalue weighted by atomic mass is 10.0. The molecule has 0 aliphatic rings. The molecule has 3 aromatic carbocycles. The van der Waals surface area contributed by atoms with Crippen LogP contribution in [0, 0.1) is 0 Å². The van der Waals surface area contributed by atoms with E-state index in [2.05, 4.69) is 10.0 Å². The van der Waals surface area contributed by atoms with Crippen LogP contribution in [0.25, 0.3) is 0 Å². The van der Waals surface area contributed by atoms with Gasteiger partial charge in [0.05, 0.1) is 25.7 Å². The van der Waals surface area contributed by atoms with Gasteiger partial charge in [-0.2, -0.15) is 13.5 Å². The third kappa shape index (κ3) is 9.08. The lowest BCUT2D eigenvalue weighted by molar-refractivity contribution is -0.122. The number of hydrogen-bond acceptors (Lipinski definition) is 8. The van der Waals surface area contributed by atoms with Crippen LogP contribution >= 0.6 is 7.60 Å². The van der Waals surface area contributed by atoms with Crippen molar-refractivity contribution < 1.29 is 55.4 Å². The van der Waals surface area contributed by atoms with Crippen molar-refractivity contribution in [2.24, 2.45) is 0 Å². The number of ether oxygens (including phenoxy) is 3. The topological polar surface area (TPSA) is 178 Å². The van der Waals surface area contributed by atoms with Crippen molar-refractivity contribution in [1.82, 2.24) is 10.0 Å². The minimum Gasteiger partial charge on any atom is -0.496 e.